The number of carbonyl (C=O) groups is 1. The molecule has 4 nitrogen and oxygen atoms in total. The fourth-order valence-corrected chi connectivity index (χ4v) is 5.04. The summed E-state index contributed by atoms with van der Waals surface area (Å²) in [6.45, 7) is 0.704. The van der Waals surface area contributed by atoms with E-state index in [0.717, 1.165) is 33.5 Å². The molecule has 1 aliphatic rings. The maximum absolute atomic E-state index is 13.6. The number of rotatable bonds is 5. The van der Waals surface area contributed by atoms with Gasteiger partial charge < -0.3 is 4.90 Å². The molecule has 1 aromatic heterocycles. The molecule has 3 aromatic carbocycles. The highest BCUT2D eigenvalue weighted by molar-refractivity contribution is 9.10. The van der Waals surface area contributed by atoms with Gasteiger partial charge in [0.15, 0.2) is 5.16 Å². The van der Waals surface area contributed by atoms with Crippen LogP contribution in [0.25, 0.3) is 16.9 Å². The molecule has 0 saturated carbocycles. The van der Waals surface area contributed by atoms with Crippen molar-refractivity contribution in [3.05, 3.63) is 94.8 Å². The lowest BCUT2D eigenvalue weighted by atomic mass is 10.1. The number of anilines is 1. The van der Waals surface area contributed by atoms with Gasteiger partial charge in [0.1, 0.15) is 5.82 Å². The Morgan fingerprint density at radius 3 is 2.56 bits per heavy atom. The average molecular weight is 508 g/mol. The van der Waals surface area contributed by atoms with Gasteiger partial charge >= 0.3 is 0 Å². The van der Waals surface area contributed by atoms with Crippen molar-refractivity contribution in [3.8, 4) is 16.9 Å². The van der Waals surface area contributed by atoms with Gasteiger partial charge in [-0.2, -0.15) is 0 Å². The van der Waals surface area contributed by atoms with E-state index in [4.69, 9.17) is 0 Å². The van der Waals surface area contributed by atoms with Gasteiger partial charge in [0.25, 0.3) is 0 Å². The Kier molecular flexibility index (Phi) is 5.85. The number of hydrogen-bond acceptors (Lipinski definition) is 3. The number of aromatic nitrogens is 2. The molecule has 0 saturated heterocycles. The number of hydrogen-bond donors (Lipinski definition) is 0. The Labute approximate surface area is 198 Å². The number of nitrogens with zero attached hydrogens (tertiary/aromatic N) is 3. The Hall–Kier alpha value is -2.90. The highest BCUT2D eigenvalue weighted by Gasteiger charge is 2.25. The van der Waals surface area contributed by atoms with Crippen molar-refractivity contribution >= 4 is 39.3 Å². The molecule has 0 radical (unpaired) electrons. The predicted molar refractivity (Wildman–Crippen MR) is 130 cm³/mol. The summed E-state index contributed by atoms with van der Waals surface area (Å²) < 4.78 is 16.5. The Morgan fingerprint density at radius 1 is 1.03 bits per heavy atom. The summed E-state index contributed by atoms with van der Waals surface area (Å²) in [6.07, 6.45) is 2.68. The van der Waals surface area contributed by atoms with Gasteiger partial charge in [0.2, 0.25) is 5.91 Å². The average Bonchev–Trinajstić information content (AvgIpc) is 3.43. The fourth-order valence-electron chi connectivity index (χ4n) is 3.90. The van der Waals surface area contributed by atoms with E-state index in [2.05, 4.69) is 27.0 Å². The first-order valence-electron chi connectivity index (χ1n) is 10.2. The van der Waals surface area contributed by atoms with E-state index in [9.17, 15) is 9.18 Å². The summed E-state index contributed by atoms with van der Waals surface area (Å²) in [5, 5.41) is 0.690. The monoisotopic (exact) mass is 507 g/mol. The third-order valence-corrected chi connectivity index (χ3v) is 6.93. The number of thioether (sulfide) groups is 1. The highest BCUT2D eigenvalue weighted by Crippen LogP contribution is 2.32. The van der Waals surface area contributed by atoms with Crippen molar-refractivity contribution in [2.45, 2.75) is 11.6 Å². The molecule has 1 amide bonds. The lowest BCUT2D eigenvalue weighted by Crippen LogP contribution is -2.30. The normalized spacial score (nSPS) is 12.8. The molecule has 0 bridgehead atoms. The molecule has 0 fully saturated rings. The first kappa shape index (κ1) is 21.0. The van der Waals surface area contributed by atoms with E-state index in [-0.39, 0.29) is 17.5 Å². The van der Waals surface area contributed by atoms with Gasteiger partial charge in [-0.05, 0) is 54.4 Å². The van der Waals surface area contributed by atoms with E-state index < -0.39 is 0 Å². The van der Waals surface area contributed by atoms with Crippen molar-refractivity contribution in [2.24, 2.45) is 0 Å². The predicted octanol–water partition coefficient (Wildman–Crippen LogP) is 6.12. The third-order valence-electron chi connectivity index (χ3n) is 5.47. The maximum atomic E-state index is 13.6. The Morgan fingerprint density at radius 2 is 1.78 bits per heavy atom. The number of amides is 1. The lowest BCUT2D eigenvalue weighted by Gasteiger charge is -2.17. The molecule has 0 unspecified atom stereocenters. The van der Waals surface area contributed by atoms with E-state index >= 15 is 0 Å². The SMILES string of the molecule is O=C(CSc1ncc(-c2ccc(Br)cc2)n1-c1ccc(F)cc1)N1CCc2ccccc21. The van der Waals surface area contributed by atoms with Crippen LogP contribution in [0.4, 0.5) is 10.1 Å². The summed E-state index contributed by atoms with van der Waals surface area (Å²) in [4.78, 5) is 19.5. The zero-order chi connectivity index (χ0) is 22.1. The molecular weight excluding hydrogens is 489 g/mol. The van der Waals surface area contributed by atoms with E-state index in [1.165, 1.54) is 29.5 Å². The van der Waals surface area contributed by atoms with Crippen molar-refractivity contribution < 1.29 is 9.18 Å². The molecule has 7 heteroatoms. The molecule has 0 atom stereocenters. The van der Waals surface area contributed by atoms with Crippen LogP contribution in [0.1, 0.15) is 5.56 Å². The minimum absolute atomic E-state index is 0.0544. The number of imidazole rings is 1. The van der Waals surface area contributed by atoms with Gasteiger partial charge in [0.05, 0.1) is 17.6 Å². The summed E-state index contributed by atoms with van der Waals surface area (Å²) in [5.74, 6) is 0.0294. The van der Waals surface area contributed by atoms with Crippen LogP contribution in [0, 0.1) is 5.82 Å². The summed E-state index contributed by atoms with van der Waals surface area (Å²) in [6, 6.07) is 22.3. The van der Waals surface area contributed by atoms with Crippen LogP contribution in [0.2, 0.25) is 0 Å². The van der Waals surface area contributed by atoms with Crippen LogP contribution < -0.4 is 4.90 Å². The molecule has 5 rings (SSSR count). The summed E-state index contributed by atoms with van der Waals surface area (Å²) >= 11 is 4.86. The van der Waals surface area contributed by atoms with Gasteiger partial charge in [-0.25, -0.2) is 9.37 Å². The van der Waals surface area contributed by atoms with Crippen molar-refractivity contribution in [1.29, 1.82) is 0 Å². The van der Waals surface area contributed by atoms with Crippen molar-refractivity contribution in [3.63, 3.8) is 0 Å². The van der Waals surface area contributed by atoms with Crippen molar-refractivity contribution in [2.75, 3.05) is 17.2 Å². The second kappa shape index (κ2) is 8.92. The number of halogens is 2. The van der Waals surface area contributed by atoms with Crippen LogP contribution in [0.5, 0.6) is 0 Å². The van der Waals surface area contributed by atoms with Gasteiger partial charge in [-0.15, -0.1) is 0 Å². The molecule has 32 heavy (non-hydrogen) atoms. The first-order chi connectivity index (χ1) is 15.6. The van der Waals surface area contributed by atoms with Crippen LogP contribution in [-0.2, 0) is 11.2 Å². The third kappa shape index (κ3) is 4.10. The largest absolute Gasteiger partial charge is 0.311 e. The number of benzene rings is 3. The molecule has 4 aromatic rings. The minimum atomic E-state index is -0.295. The minimum Gasteiger partial charge on any atom is -0.311 e. The zero-order valence-electron chi connectivity index (χ0n) is 17.0. The van der Waals surface area contributed by atoms with Gasteiger partial charge in [0, 0.05) is 28.0 Å². The fraction of sp³-hybridized carbons (Fsp3) is 0.120. The number of para-hydroxylation sites is 1. The van der Waals surface area contributed by atoms with E-state index in [1.807, 2.05) is 51.9 Å². The zero-order valence-corrected chi connectivity index (χ0v) is 19.4. The van der Waals surface area contributed by atoms with Gasteiger partial charge in [-0.3, -0.25) is 9.36 Å². The quantitative estimate of drug-likeness (QED) is 0.305. The van der Waals surface area contributed by atoms with Gasteiger partial charge in [-0.1, -0.05) is 58.0 Å². The Balaban J connectivity index is 1.44. The van der Waals surface area contributed by atoms with Crippen LogP contribution in [0.15, 0.2) is 88.6 Å². The molecule has 0 N–H and O–H groups in total. The molecule has 0 spiro atoms. The first-order valence-corrected chi connectivity index (χ1v) is 12.0. The number of carbonyl (C=O) groups excluding carboxylic acids is 1. The van der Waals surface area contributed by atoms with E-state index in [0.29, 0.717) is 11.7 Å². The smallest absolute Gasteiger partial charge is 0.237 e. The summed E-state index contributed by atoms with van der Waals surface area (Å²) in [7, 11) is 0. The summed E-state index contributed by atoms with van der Waals surface area (Å²) in [5.41, 5.74) is 4.86. The van der Waals surface area contributed by atoms with Crippen LogP contribution in [0.3, 0.4) is 0 Å². The molecular formula is C25H19BrFN3OS. The molecule has 1 aliphatic heterocycles. The molecule has 2 heterocycles. The number of fused-ring (bicyclic) bond motifs is 1. The Bertz CT molecular complexity index is 1270. The standard InChI is InChI=1S/C25H19BrFN3OS/c26-19-7-5-18(6-8-19)23-15-28-25(30(23)21-11-9-20(27)10-12-21)32-16-24(31)29-14-13-17-3-1-2-4-22(17)29/h1-12,15H,13-14,16H2. The van der Waals surface area contributed by atoms with Crippen LogP contribution in [-0.4, -0.2) is 27.8 Å². The molecule has 160 valence electrons. The maximum Gasteiger partial charge on any atom is 0.237 e. The second-order valence-electron chi connectivity index (χ2n) is 7.46. The highest BCUT2D eigenvalue weighted by atomic mass is 79.9. The van der Waals surface area contributed by atoms with Crippen LogP contribution >= 0.6 is 27.7 Å². The van der Waals surface area contributed by atoms with Crippen molar-refractivity contribution in [1.82, 2.24) is 9.55 Å². The topological polar surface area (TPSA) is 38.1 Å². The van der Waals surface area contributed by atoms with E-state index in [1.54, 1.807) is 18.3 Å². The second-order valence-corrected chi connectivity index (χ2v) is 9.32. The molecule has 0 aliphatic carbocycles. The lowest BCUT2D eigenvalue weighted by molar-refractivity contribution is -0.116.